The van der Waals surface area contributed by atoms with Gasteiger partial charge in [-0.25, -0.2) is 4.68 Å². The predicted molar refractivity (Wildman–Crippen MR) is 101 cm³/mol. The fourth-order valence-electron chi connectivity index (χ4n) is 3.53. The Balaban J connectivity index is 1.57. The molecule has 2 N–H and O–H groups in total. The molecule has 2 aromatic rings. The Bertz CT molecular complexity index is 878. The third-order valence-corrected chi connectivity index (χ3v) is 4.94. The number of carbonyl (C=O) groups excluding carboxylic acids is 1. The number of aryl methyl sites for hydroxylation is 1. The number of piperidine rings is 1. The third kappa shape index (κ3) is 4.22. The number of fused-ring (bicyclic) bond motifs is 1. The van der Waals surface area contributed by atoms with Crippen LogP contribution in [0.25, 0.3) is 10.8 Å². The van der Waals surface area contributed by atoms with E-state index in [1.165, 1.54) is 4.68 Å². The molecule has 140 valence electrons. The number of amides is 1. The summed E-state index contributed by atoms with van der Waals surface area (Å²) in [6, 6.07) is 6.90. The van der Waals surface area contributed by atoms with Gasteiger partial charge in [0.2, 0.25) is 5.91 Å². The molecule has 2 heterocycles. The molecule has 0 aliphatic carbocycles. The van der Waals surface area contributed by atoms with Crippen molar-refractivity contribution in [3.63, 3.8) is 0 Å². The van der Waals surface area contributed by atoms with Gasteiger partial charge in [-0.2, -0.15) is 0 Å². The van der Waals surface area contributed by atoms with Crippen LogP contribution >= 0.6 is 0 Å². The summed E-state index contributed by atoms with van der Waals surface area (Å²) in [4.78, 5) is 39.2. The smallest absolute Gasteiger partial charge is 0.273 e. The molecule has 1 aromatic heterocycles. The van der Waals surface area contributed by atoms with Crippen molar-refractivity contribution in [3.8, 4) is 0 Å². The maximum atomic E-state index is 12.4. The first-order valence-electron chi connectivity index (χ1n) is 9.32. The van der Waals surface area contributed by atoms with Gasteiger partial charge in [0.25, 0.3) is 11.1 Å². The summed E-state index contributed by atoms with van der Waals surface area (Å²) < 4.78 is 1.23. The van der Waals surface area contributed by atoms with Crippen molar-refractivity contribution in [2.24, 2.45) is 0 Å². The maximum Gasteiger partial charge on any atom is 0.273 e. The van der Waals surface area contributed by atoms with Gasteiger partial charge < -0.3 is 10.2 Å². The second-order valence-corrected chi connectivity index (χ2v) is 6.88. The summed E-state index contributed by atoms with van der Waals surface area (Å²) in [6.07, 6.45) is 3.23. The monoisotopic (exact) mass is 358 g/mol. The molecule has 3 rings (SSSR count). The molecule has 7 nitrogen and oxygen atoms in total. The number of benzene rings is 1. The molecule has 1 aromatic carbocycles. The van der Waals surface area contributed by atoms with E-state index in [4.69, 9.17) is 0 Å². The highest BCUT2D eigenvalue weighted by molar-refractivity contribution is 5.80. The Morgan fingerprint density at radius 3 is 2.54 bits per heavy atom. The van der Waals surface area contributed by atoms with Gasteiger partial charge in [0.1, 0.15) is 0 Å². The number of rotatable bonds is 6. The molecular weight excluding hydrogens is 332 g/mol. The van der Waals surface area contributed by atoms with Crippen LogP contribution in [0, 0.1) is 0 Å². The third-order valence-electron chi connectivity index (χ3n) is 4.94. The lowest BCUT2D eigenvalue weighted by molar-refractivity contribution is -0.122. The number of hydrogen-bond donors (Lipinski definition) is 2. The minimum atomic E-state index is -0.316. The fourth-order valence-corrected chi connectivity index (χ4v) is 3.53. The van der Waals surface area contributed by atoms with E-state index < -0.39 is 0 Å². The first-order valence-corrected chi connectivity index (χ1v) is 9.32. The molecule has 1 aliphatic heterocycles. The predicted octanol–water partition coefficient (Wildman–Crippen LogP) is 1.07. The number of H-pyrrole nitrogens is 1. The lowest BCUT2D eigenvalue weighted by Crippen LogP contribution is -2.45. The van der Waals surface area contributed by atoms with Crippen LogP contribution in [0.4, 0.5) is 0 Å². The number of hydrogen-bond acceptors (Lipinski definition) is 4. The summed E-state index contributed by atoms with van der Waals surface area (Å²) in [6.45, 7) is 5.47. The van der Waals surface area contributed by atoms with E-state index >= 15 is 0 Å². The highest BCUT2D eigenvalue weighted by Gasteiger charge is 2.20. The van der Waals surface area contributed by atoms with Gasteiger partial charge in [-0.05, 0) is 37.9 Å². The SMILES string of the molecule is CCCN1CCC(NC(=O)CCn2[nH]c(=O)c3ccccc3c2=O)CC1. The largest absolute Gasteiger partial charge is 0.353 e. The molecule has 0 radical (unpaired) electrons. The standard InChI is InChI=1S/C19H26N4O3/c1-2-10-22-11-7-14(8-12-22)20-17(24)9-13-23-19(26)16-6-4-3-5-15(16)18(25)21-23/h3-6,14H,2,7-13H2,1H3,(H,20,24)(H,21,25). The van der Waals surface area contributed by atoms with Gasteiger partial charge in [-0.3, -0.25) is 19.5 Å². The lowest BCUT2D eigenvalue weighted by atomic mass is 10.0. The van der Waals surface area contributed by atoms with Crippen molar-refractivity contribution >= 4 is 16.7 Å². The van der Waals surface area contributed by atoms with Crippen molar-refractivity contribution < 1.29 is 4.79 Å². The number of nitrogens with one attached hydrogen (secondary N) is 2. The molecule has 0 atom stereocenters. The van der Waals surface area contributed by atoms with E-state index in [9.17, 15) is 14.4 Å². The first-order chi connectivity index (χ1) is 12.6. The summed E-state index contributed by atoms with van der Waals surface area (Å²) in [5, 5.41) is 6.36. The second kappa shape index (κ2) is 8.31. The van der Waals surface area contributed by atoms with E-state index in [1.54, 1.807) is 24.3 Å². The van der Waals surface area contributed by atoms with Gasteiger partial charge in [-0.1, -0.05) is 19.1 Å². The summed E-state index contributed by atoms with van der Waals surface area (Å²) in [5.41, 5.74) is -0.593. The van der Waals surface area contributed by atoms with Gasteiger partial charge in [-0.15, -0.1) is 0 Å². The van der Waals surface area contributed by atoms with Gasteiger partial charge in [0.15, 0.2) is 0 Å². The van der Waals surface area contributed by atoms with E-state index in [0.29, 0.717) is 10.8 Å². The number of carbonyl (C=O) groups is 1. The fraction of sp³-hybridized carbons (Fsp3) is 0.526. The second-order valence-electron chi connectivity index (χ2n) is 6.88. The van der Waals surface area contributed by atoms with Crippen LogP contribution in [0.5, 0.6) is 0 Å². The van der Waals surface area contributed by atoms with Gasteiger partial charge in [0.05, 0.1) is 17.3 Å². The number of likely N-dealkylation sites (tertiary alicyclic amines) is 1. The Labute approximate surface area is 152 Å². The van der Waals surface area contributed by atoms with E-state index in [-0.39, 0.29) is 36.0 Å². The van der Waals surface area contributed by atoms with Crippen LogP contribution in [0.2, 0.25) is 0 Å². The minimum absolute atomic E-state index is 0.0835. The van der Waals surface area contributed by atoms with Crippen molar-refractivity contribution in [1.29, 1.82) is 0 Å². The summed E-state index contributed by atoms with van der Waals surface area (Å²) in [5.74, 6) is -0.0835. The molecule has 26 heavy (non-hydrogen) atoms. The quantitative estimate of drug-likeness (QED) is 0.809. The summed E-state index contributed by atoms with van der Waals surface area (Å²) in [7, 11) is 0. The van der Waals surface area contributed by atoms with Crippen LogP contribution in [0.3, 0.4) is 0 Å². The van der Waals surface area contributed by atoms with Crippen molar-refractivity contribution in [2.45, 2.75) is 45.2 Å². The highest BCUT2D eigenvalue weighted by atomic mass is 16.2. The molecule has 1 fully saturated rings. The topological polar surface area (TPSA) is 87.2 Å². The number of nitrogens with zero attached hydrogens (tertiary/aromatic N) is 2. The van der Waals surface area contributed by atoms with Gasteiger partial charge >= 0.3 is 0 Å². The zero-order valence-corrected chi connectivity index (χ0v) is 15.2. The van der Waals surface area contributed by atoms with E-state index in [1.807, 2.05) is 0 Å². The van der Waals surface area contributed by atoms with Gasteiger partial charge in [0, 0.05) is 25.6 Å². The molecule has 0 spiro atoms. The van der Waals surface area contributed by atoms with Crippen molar-refractivity contribution in [3.05, 3.63) is 45.0 Å². The summed E-state index contributed by atoms with van der Waals surface area (Å²) >= 11 is 0. The Hall–Kier alpha value is -2.41. The first kappa shape index (κ1) is 18.4. The highest BCUT2D eigenvalue weighted by Crippen LogP contribution is 2.10. The Kier molecular flexibility index (Phi) is 5.88. The molecule has 7 heteroatoms. The minimum Gasteiger partial charge on any atom is -0.353 e. The maximum absolute atomic E-state index is 12.4. The lowest BCUT2D eigenvalue weighted by Gasteiger charge is -2.32. The zero-order chi connectivity index (χ0) is 18.5. The molecular formula is C19H26N4O3. The Morgan fingerprint density at radius 2 is 1.85 bits per heavy atom. The molecule has 0 unspecified atom stereocenters. The van der Waals surface area contributed by atoms with E-state index in [0.717, 1.165) is 38.9 Å². The van der Waals surface area contributed by atoms with Crippen LogP contribution in [-0.2, 0) is 11.3 Å². The normalized spacial score (nSPS) is 16.0. The zero-order valence-electron chi connectivity index (χ0n) is 15.2. The molecule has 1 saturated heterocycles. The van der Waals surface area contributed by atoms with E-state index in [2.05, 4.69) is 22.2 Å². The van der Waals surface area contributed by atoms with Crippen LogP contribution in [0.1, 0.15) is 32.6 Å². The number of aromatic nitrogens is 2. The van der Waals surface area contributed by atoms with Crippen LogP contribution in [0.15, 0.2) is 33.9 Å². The average Bonchev–Trinajstić information content (AvgIpc) is 2.65. The molecule has 1 amide bonds. The Morgan fingerprint density at radius 1 is 1.15 bits per heavy atom. The average molecular weight is 358 g/mol. The number of aromatic amines is 1. The molecule has 0 saturated carbocycles. The van der Waals surface area contributed by atoms with Crippen molar-refractivity contribution in [2.75, 3.05) is 19.6 Å². The molecule has 0 bridgehead atoms. The van der Waals surface area contributed by atoms with Crippen LogP contribution in [-0.4, -0.2) is 46.3 Å². The van der Waals surface area contributed by atoms with Crippen molar-refractivity contribution in [1.82, 2.24) is 20.0 Å². The molecule has 1 aliphatic rings. The van der Waals surface area contributed by atoms with Crippen LogP contribution < -0.4 is 16.4 Å².